The third kappa shape index (κ3) is 4.66. The third-order valence-electron chi connectivity index (χ3n) is 4.16. The molecule has 2 aromatic rings. The van der Waals surface area contributed by atoms with Crippen molar-refractivity contribution in [2.24, 2.45) is 0 Å². The van der Waals surface area contributed by atoms with Gasteiger partial charge in [-0.1, -0.05) is 53.0 Å². The summed E-state index contributed by atoms with van der Waals surface area (Å²) in [6, 6.07) is 13.0. The second kappa shape index (κ2) is 8.39. The number of carbonyl (C=O) groups is 1. The van der Waals surface area contributed by atoms with Gasteiger partial charge in [-0.25, -0.2) is 0 Å². The lowest BCUT2D eigenvalue weighted by atomic mass is 10.0. The van der Waals surface area contributed by atoms with Gasteiger partial charge in [0.25, 0.3) is 0 Å². The topological polar surface area (TPSA) is 44.4 Å². The van der Waals surface area contributed by atoms with Crippen molar-refractivity contribution in [3.63, 3.8) is 0 Å². The molecule has 1 aliphatic heterocycles. The van der Waals surface area contributed by atoms with Crippen LogP contribution in [0.1, 0.15) is 11.6 Å². The molecule has 4 nitrogen and oxygen atoms in total. The molecule has 0 spiro atoms. The van der Waals surface area contributed by atoms with E-state index in [2.05, 4.69) is 15.5 Å². The van der Waals surface area contributed by atoms with Crippen molar-refractivity contribution in [3.8, 4) is 0 Å². The second-order valence-electron chi connectivity index (χ2n) is 5.89. The van der Waals surface area contributed by atoms with Gasteiger partial charge < -0.3 is 10.6 Å². The summed E-state index contributed by atoms with van der Waals surface area (Å²) < 4.78 is 0. The number of hydrogen-bond donors (Lipinski definition) is 2. The van der Waals surface area contributed by atoms with Crippen molar-refractivity contribution in [3.05, 3.63) is 63.1 Å². The molecule has 3 rings (SSSR count). The van der Waals surface area contributed by atoms with Crippen LogP contribution in [0.15, 0.2) is 42.5 Å². The van der Waals surface area contributed by atoms with E-state index in [0.717, 1.165) is 25.2 Å². The van der Waals surface area contributed by atoms with Crippen molar-refractivity contribution in [2.45, 2.75) is 6.04 Å². The molecule has 0 aromatic heterocycles. The van der Waals surface area contributed by atoms with E-state index in [1.807, 2.05) is 24.3 Å². The van der Waals surface area contributed by atoms with E-state index in [1.54, 1.807) is 18.2 Å². The van der Waals surface area contributed by atoms with Gasteiger partial charge in [0.2, 0.25) is 5.91 Å². The Balaban J connectivity index is 1.72. The molecular formula is C18H18Cl3N3O. The average molecular weight is 399 g/mol. The van der Waals surface area contributed by atoms with Crippen LogP contribution in [0.4, 0.5) is 5.69 Å². The predicted octanol–water partition coefficient (Wildman–Crippen LogP) is 4.23. The van der Waals surface area contributed by atoms with Crippen LogP contribution in [-0.2, 0) is 4.79 Å². The van der Waals surface area contributed by atoms with Crippen LogP contribution < -0.4 is 10.6 Å². The van der Waals surface area contributed by atoms with E-state index in [0.29, 0.717) is 20.8 Å². The monoisotopic (exact) mass is 397 g/mol. The van der Waals surface area contributed by atoms with Gasteiger partial charge in [-0.15, -0.1) is 0 Å². The quantitative estimate of drug-likeness (QED) is 0.810. The number of para-hydroxylation sites is 1. The van der Waals surface area contributed by atoms with E-state index in [-0.39, 0.29) is 18.5 Å². The number of anilines is 1. The molecule has 132 valence electrons. The minimum atomic E-state index is -0.149. The first kappa shape index (κ1) is 18.5. The maximum atomic E-state index is 12.5. The molecule has 0 saturated carbocycles. The van der Waals surface area contributed by atoms with Crippen LogP contribution in [-0.4, -0.2) is 37.0 Å². The van der Waals surface area contributed by atoms with E-state index in [1.165, 1.54) is 0 Å². The Morgan fingerprint density at radius 3 is 2.60 bits per heavy atom. The van der Waals surface area contributed by atoms with Crippen LogP contribution in [0.2, 0.25) is 15.1 Å². The fourth-order valence-electron chi connectivity index (χ4n) is 2.96. The lowest BCUT2D eigenvalue weighted by Gasteiger charge is -2.36. The van der Waals surface area contributed by atoms with Gasteiger partial charge in [0, 0.05) is 30.7 Å². The summed E-state index contributed by atoms with van der Waals surface area (Å²) in [5, 5.41) is 7.72. The second-order valence-corrected chi connectivity index (χ2v) is 7.14. The number of piperazine rings is 1. The Bertz CT molecular complexity index is 749. The molecule has 1 unspecified atom stereocenters. The minimum Gasteiger partial charge on any atom is -0.322 e. The molecule has 1 heterocycles. The summed E-state index contributed by atoms with van der Waals surface area (Å²) in [5.74, 6) is -0.149. The highest BCUT2D eigenvalue weighted by molar-refractivity contribution is 6.39. The molecule has 2 aromatic carbocycles. The van der Waals surface area contributed by atoms with E-state index in [9.17, 15) is 4.79 Å². The van der Waals surface area contributed by atoms with Crippen molar-refractivity contribution < 1.29 is 4.79 Å². The smallest absolute Gasteiger partial charge is 0.238 e. The summed E-state index contributed by atoms with van der Waals surface area (Å²) in [4.78, 5) is 14.6. The molecule has 1 saturated heterocycles. The zero-order valence-electron chi connectivity index (χ0n) is 13.4. The number of hydrogen-bond acceptors (Lipinski definition) is 3. The van der Waals surface area contributed by atoms with E-state index >= 15 is 0 Å². The fourth-order valence-corrected chi connectivity index (χ4v) is 3.65. The minimum absolute atomic E-state index is 0.0833. The highest BCUT2D eigenvalue weighted by atomic mass is 35.5. The molecule has 0 bridgehead atoms. The van der Waals surface area contributed by atoms with Gasteiger partial charge in [-0.2, -0.15) is 0 Å². The molecule has 2 N–H and O–H groups in total. The summed E-state index contributed by atoms with van der Waals surface area (Å²) in [5.41, 5.74) is 1.54. The molecule has 0 radical (unpaired) electrons. The number of nitrogens with zero attached hydrogens (tertiary/aromatic N) is 1. The van der Waals surface area contributed by atoms with Crippen LogP contribution in [0.3, 0.4) is 0 Å². The largest absolute Gasteiger partial charge is 0.322 e. The lowest BCUT2D eigenvalue weighted by Crippen LogP contribution is -2.48. The maximum absolute atomic E-state index is 12.5. The third-order valence-corrected chi connectivity index (χ3v) is 5.03. The number of rotatable bonds is 4. The SMILES string of the molecule is O=C(CN1CCNCC1c1cccc(Cl)c1)Nc1c(Cl)cccc1Cl. The lowest BCUT2D eigenvalue weighted by molar-refractivity contribution is -0.118. The first-order chi connectivity index (χ1) is 12.0. The Morgan fingerprint density at radius 1 is 1.16 bits per heavy atom. The van der Waals surface area contributed by atoms with Crippen molar-refractivity contribution in [1.82, 2.24) is 10.2 Å². The van der Waals surface area contributed by atoms with Gasteiger partial charge in [0.15, 0.2) is 0 Å². The number of benzene rings is 2. The Hall–Kier alpha value is -1.30. The highest BCUT2D eigenvalue weighted by Gasteiger charge is 2.26. The Kier molecular flexibility index (Phi) is 6.20. The van der Waals surface area contributed by atoms with Gasteiger partial charge in [0.1, 0.15) is 0 Å². The van der Waals surface area contributed by atoms with Crippen LogP contribution in [0, 0.1) is 0 Å². The summed E-state index contributed by atoms with van der Waals surface area (Å²) in [7, 11) is 0. The highest BCUT2D eigenvalue weighted by Crippen LogP contribution is 2.30. The first-order valence-corrected chi connectivity index (χ1v) is 9.12. The number of halogens is 3. The van der Waals surface area contributed by atoms with Crippen molar-refractivity contribution in [1.29, 1.82) is 0 Å². The van der Waals surface area contributed by atoms with Gasteiger partial charge in [0.05, 0.1) is 22.3 Å². The summed E-state index contributed by atoms with van der Waals surface area (Å²) in [6.07, 6.45) is 0. The van der Waals surface area contributed by atoms with Crippen LogP contribution in [0.25, 0.3) is 0 Å². The molecule has 7 heteroatoms. The molecule has 1 fully saturated rings. The molecule has 1 atom stereocenters. The summed E-state index contributed by atoms with van der Waals surface area (Å²) >= 11 is 18.4. The molecular weight excluding hydrogens is 381 g/mol. The van der Waals surface area contributed by atoms with Gasteiger partial charge in [-0.3, -0.25) is 9.69 Å². The number of amides is 1. The first-order valence-electron chi connectivity index (χ1n) is 7.98. The number of carbonyl (C=O) groups excluding carboxylic acids is 1. The fraction of sp³-hybridized carbons (Fsp3) is 0.278. The Morgan fingerprint density at radius 2 is 1.88 bits per heavy atom. The molecule has 0 aliphatic carbocycles. The van der Waals surface area contributed by atoms with E-state index in [4.69, 9.17) is 34.8 Å². The molecule has 1 aliphatic rings. The maximum Gasteiger partial charge on any atom is 0.238 e. The van der Waals surface area contributed by atoms with Crippen LogP contribution >= 0.6 is 34.8 Å². The van der Waals surface area contributed by atoms with Crippen LogP contribution in [0.5, 0.6) is 0 Å². The zero-order valence-corrected chi connectivity index (χ0v) is 15.7. The summed E-state index contributed by atoms with van der Waals surface area (Å²) in [6.45, 7) is 2.61. The predicted molar refractivity (Wildman–Crippen MR) is 104 cm³/mol. The Labute approximate surface area is 162 Å². The van der Waals surface area contributed by atoms with Crippen molar-refractivity contribution in [2.75, 3.05) is 31.5 Å². The standard InChI is InChI=1S/C18H18Cl3N3O/c19-13-4-1-3-12(9-13)16-10-22-7-8-24(16)11-17(25)23-18-14(20)5-2-6-15(18)21/h1-6,9,16,22H,7-8,10-11H2,(H,23,25). The van der Waals surface area contributed by atoms with Gasteiger partial charge >= 0.3 is 0 Å². The van der Waals surface area contributed by atoms with Gasteiger partial charge in [-0.05, 0) is 29.8 Å². The molecule has 25 heavy (non-hydrogen) atoms. The number of nitrogens with one attached hydrogen (secondary N) is 2. The van der Waals surface area contributed by atoms with Crippen molar-refractivity contribution >= 4 is 46.4 Å². The zero-order chi connectivity index (χ0) is 17.8. The van der Waals surface area contributed by atoms with E-state index < -0.39 is 0 Å². The average Bonchev–Trinajstić information content (AvgIpc) is 2.59. The molecule has 1 amide bonds. The normalized spacial score (nSPS) is 18.1.